The third-order valence-corrected chi connectivity index (χ3v) is 5.07. The summed E-state index contributed by atoms with van der Waals surface area (Å²) < 4.78 is 37.8. The Bertz CT molecular complexity index is 1040. The molecule has 29 heavy (non-hydrogen) atoms. The summed E-state index contributed by atoms with van der Waals surface area (Å²) in [5, 5.41) is 2.98. The molecule has 0 radical (unpaired) electrons. The largest absolute Gasteiger partial charge is 0.433 e. The van der Waals surface area contributed by atoms with Crippen molar-refractivity contribution in [3.05, 3.63) is 71.7 Å². The number of pyridine rings is 2. The van der Waals surface area contributed by atoms with Gasteiger partial charge in [0.25, 0.3) is 0 Å². The third-order valence-electron chi connectivity index (χ3n) is 5.07. The van der Waals surface area contributed by atoms with Gasteiger partial charge >= 0.3 is 6.18 Å². The summed E-state index contributed by atoms with van der Waals surface area (Å²) in [6.45, 7) is 1.96. The van der Waals surface area contributed by atoms with Gasteiger partial charge in [-0.1, -0.05) is 19.1 Å². The van der Waals surface area contributed by atoms with Crippen molar-refractivity contribution in [2.75, 3.05) is 5.32 Å². The number of carbonyl (C=O) groups excluding carboxylic acids is 1. The number of benzene rings is 1. The Balaban J connectivity index is 1.50. The fourth-order valence-electron chi connectivity index (χ4n) is 3.41. The fourth-order valence-corrected chi connectivity index (χ4v) is 3.41. The number of rotatable bonds is 3. The summed E-state index contributed by atoms with van der Waals surface area (Å²) in [4.78, 5) is 20.1. The van der Waals surface area contributed by atoms with Gasteiger partial charge in [-0.2, -0.15) is 13.2 Å². The molecule has 2 aromatic heterocycles. The highest BCUT2D eigenvalue weighted by molar-refractivity contribution is 6.00. The van der Waals surface area contributed by atoms with Crippen LogP contribution in [0.5, 0.6) is 0 Å². The van der Waals surface area contributed by atoms with Crippen molar-refractivity contribution in [3.63, 3.8) is 0 Å². The van der Waals surface area contributed by atoms with Crippen molar-refractivity contribution in [2.24, 2.45) is 5.92 Å². The minimum Gasteiger partial charge on any atom is -0.353 e. The molecule has 2 heterocycles. The van der Waals surface area contributed by atoms with Gasteiger partial charge < -0.3 is 5.32 Å². The van der Waals surface area contributed by atoms with Crippen molar-refractivity contribution in [1.82, 2.24) is 9.97 Å². The maximum atomic E-state index is 12.6. The van der Waals surface area contributed by atoms with Crippen molar-refractivity contribution in [1.29, 1.82) is 0 Å². The predicted octanol–water partition coefficient (Wildman–Crippen LogP) is 5.67. The fraction of sp³-hybridized carbons (Fsp3) is 0.227. The molecular weight excluding hydrogens is 379 g/mol. The molecule has 1 unspecified atom stereocenters. The summed E-state index contributed by atoms with van der Waals surface area (Å²) in [6, 6.07) is 11.6. The lowest BCUT2D eigenvalue weighted by molar-refractivity contribution is -0.141. The van der Waals surface area contributed by atoms with Crippen LogP contribution in [0.2, 0.25) is 0 Å². The predicted molar refractivity (Wildman–Crippen MR) is 104 cm³/mol. The van der Waals surface area contributed by atoms with E-state index in [1.54, 1.807) is 12.3 Å². The molecule has 0 saturated heterocycles. The van der Waals surface area contributed by atoms with Crippen LogP contribution in [0.25, 0.3) is 11.3 Å². The Kier molecular flexibility index (Phi) is 4.82. The lowest BCUT2D eigenvalue weighted by atomic mass is 9.83. The van der Waals surface area contributed by atoms with Crippen molar-refractivity contribution < 1.29 is 18.0 Å². The van der Waals surface area contributed by atoms with E-state index in [-0.39, 0.29) is 11.7 Å². The highest BCUT2D eigenvalue weighted by Gasteiger charge is 2.32. The number of aromatic nitrogens is 2. The first-order valence-electron chi connectivity index (χ1n) is 9.25. The zero-order valence-corrected chi connectivity index (χ0v) is 15.6. The molecule has 1 aliphatic rings. The van der Waals surface area contributed by atoms with Gasteiger partial charge in [0.05, 0.1) is 29.5 Å². The second-order valence-corrected chi connectivity index (χ2v) is 7.16. The molecule has 3 aromatic rings. The highest BCUT2D eigenvalue weighted by atomic mass is 19.4. The lowest BCUT2D eigenvalue weighted by Crippen LogP contribution is -2.19. The molecule has 0 bridgehead atoms. The monoisotopic (exact) mass is 397 g/mol. The quantitative estimate of drug-likeness (QED) is 0.619. The molecule has 1 N–H and O–H groups in total. The smallest absolute Gasteiger partial charge is 0.353 e. The number of anilines is 2. The third kappa shape index (κ3) is 3.99. The van der Waals surface area contributed by atoms with E-state index in [9.17, 15) is 18.0 Å². The molecule has 0 saturated carbocycles. The number of hydrogen-bond acceptors (Lipinski definition) is 4. The topological polar surface area (TPSA) is 54.9 Å². The van der Waals surface area contributed by atoms with Gasteiger partial charge in [-0.3, -0.25) is 9.78 Å². The Hall–Kier alpha value is -3.22. The Morgan fingerprint density at radius 2 is 1.72 bits per heavy atom. The van der Waals surface area contributed by atoms with E-state index in [4.69, 9.17) is 0 Å². The van der Waals surface area contributed by atoms with Crippen LogP contribution in [-0.2, 0) is 12.6 Å². The second-order valence-electron chi connectivity index (χ2n) is 7.16. The van der Waals surface area contributed by atoms with Gasteiger partial charge in [0.1, 0.15) is 5.69 Å². The van der Waals surface area contributed by atoms with Crippen LogP contribution in [0.3, 0.4) is 0 Å². The highest BCUT2D eigenvalue weighted by Crippen LogP contribution is 2.30. The molecule has 4 rings (SSSR count). The molecule has 1 aliphatic carbocycles. The van der Waals surface area contributed by atoms with Gasteiger partial charge in [-0.25, -0.2) is 4.98 Å². The van der Waals surface area contributed by atoms with Crippen LogP contribution in [0, 0.1) is 5.92 Å². The normalized spacial score (nSPS) is 16.4. The molecule has 0 aliphatic heterocycles. The average molecular weight is 397 g/mol. The Labute approximate surface area is 165 Å². The molecule has 4 nitrogen and oxygen atoms in total. The van der Waals surface area contributed by atoms with E-state index >= 15 is 0 Å². The summed E-state index contributed by atoms with van der Waals surface area (Å²) in [5.41, 5.74) is 3.66. The molecule has 0 fully saturated rings. The van der Waals surface area contributed by atoms with E-state index in [0.717, 1.165) is 47.5 Å². The van der Waals surface area contributed by atoms with Crippen LogP contribution >= 0.6 is 0 Å². The van der Waals surface area contributed by atoms with Crippen LogP contribution in [0.4, 0.5) is 24.5 Å². The molecule has 0 spiro atoms. The molecular formula is C22H18F3N3O. The molecule has 7 heteroatoms. The number of nitrogens with one attached hydrogen (secondary N) is 1. The number of aryl methyl sites for hydroxylation is 1. The number of Topliss-reactive ketones (excluding diaryl/α,β-unsaturated/α-hetero) is 1. The lowest BCUT2D eigenvalue weighted by Gasteiger charge is -2.20. The number of fused-ring (bicyclic) bond motifs is 1. The van der Waals surface area contributed by atoms with Crippen molar-refractivity contribution in [3.8, 4) is 11.3 Å². The molecule has 0 amide bonds. The summed E-state index contributed by atoms with van der Waals surface area (Å²) in [7, 11) is 0. The number of hydrogen-bond donors (Lipinski definition) is 1. The zero-order chi connectivity index (χ0) is 20.6. The van der Waals surface area contributed by atoms with Gasteiger partial charge in [-0.15, -0.1) is 0 Å². The average Bonchev–Trinajstić information content (AvgIpc) is 2.71. The Morgan fingerprint density at radius 3 is 2.34 bits per heavy atom. The SMILES string of the molecule is CC1CCc2cc(-c3ccc(Nc4ccc(C(F)(F)F)nc4)cn3)ccc2C1=O. The van der Waals surface area contributed by atoms with Crippen LogP contribution in [0.1, 0.15) is 35.0 Å². The Morgan fingerprint density at radius 1 is 1.00 bits per heavy atom. The molecule has 148 valence electrons. The van der Waals surface area contributed by atoms with Gasteiger partial charge in [0, 0.05) is 17.0 Å². The molecule has 1 aromatic carbocycles. The van der Waals surface area contributed by atoms with E-state index in [0.29, 0.717) is 11.4 Å². The van der Waals surface area contributed by atoms with E-state index < -0.39 is 11.9 Å². The van der Waals surface area contributed by atoms with E-state index in [1.807, 2.05) is 31.2 Å². The van der Waals surface area contributed by atoms with Crippen LogP contribution in [-0.4, -0.2) is 15.8 Å². The number of nitrogens with zero attached hydrogens (tertiary/aromatic N) is 2. The summed E-state index contributed by atoms with van der Waals surface area (Å²) in [6.07, 6.45) is 0.0144. The second kappa shape index (κ2) is 7.31. The maximum Gasteiger partial charge on any atom is 0.433 e. The van der Waals surface area contributed by atoms with Crippen molar-refractivity contribution in [2.45, 2.75) is 25.9 Å². The van der Waals surface area contributed by atoms with Gasteiger partial charge in [-0.05, 0) is 48.7 Å². The summed E-state index contributed by atoms with van der Waals surface area (Å²) in [5.74, 6) is 0.256. The first-order chi connectivity index (χ1) is 13.8. The molecule has 1 atom stereocenters. The van der Waals surface area contributed by atoms with E-state index in [2.05, 4.69) is 15.3 Å². The number of ketones is 1. The van der Waals surface area contributed by atoms with Crippen LogP contribution in [0.15, 0.2) is 54.9 Å². The maximum absolute atomic E-state index is 12.6. The number of alkyl halides is 3. The standard InChI is InChI=1S/C22H18F3N3O/c1-13-2-3-14-10-15(4-7-18(14)21(13)29)19-8-5-16(11-26-19)28-17-6-9-20(27-12-17)22(23,24)25/h4-13,28H,2-3H2,1H3. The number of halogens is 3. The van der Waals surface area contributed by atoms with E-state index in [1.165, 1.54) is 6.07 Å². The number of carbonyl (C=O) groups is 1. The summed E-state index contributed by atoms with van der Waals surface area (Å²) >= 11 is 0. The minimum atomic E-state index is -4.46. The van der Waals surface area contributed by atoms with Crippen LogP contribution < -0.4 is 5.32 Å². The minimum absolute atomic E-state index is 0.0662. The first kappa shape index (κ1) is 19.1. The van der Waals surface area contributed by atoms with Crippen molar-refractivity contribution >= 4 is 17.2 Å². The first-order valence-corrected chi connectivity index (χ1v) is 9.25. The van der Waals surface area contributed by atoms with Gasteiger partial charge in [0.15, 0.2) is 5.78 Å². The zero-order valence-electron chi connectivity index (χ0n) is 15.6. The van der Waals surface area contributed by atoms with Gasteiger partial charge in [0.2, 0.25) is 0 Å².